The van der Waals surface area contributed by atoms with Gasteiger partial charge in [-0.25, -0.2) is 9.78 Å². The van der Waals surface area contributed by atoms with Crippen LogP contribution in [0.2, 0.25) is 0 Å². The summed E-state index contributed by atoms with van der Waals surface area (Å²) in [5, 5.41) is 20.8. The molecule has 0 saturated heterocycles. The molecule has 0 unspecified atom stereocenters. The summed E-state index contributed by atoms with van der Waals surface area (Å²) < 4.78 is 2.91. The van der Waals surface area contributed by atoms with Gasteiger partial charge in [0.25, 0.3) is 0 Å². The third-order valence-corrected chi connectivity index (χ3v) is 7.11. The number of rotatable bonds is 5. The van der Waals surface area contributed by atoms with Crippen LogP contribution in [0.15, 0.2) is 33.2 Å². The molecule has 25 heavy (non-hydrogen) atoms. The Bertz CT molecular complexity index is 866. The van der Waals surface area contributed by atoms with E-state index >= 15 is 0 Å². The van der Waals surface area contributed by atoms with Gasteiger partial charge in [-0.05, 0) is 36.0 Å². The van der Waals surface area contributed by atoms with Crippen LogP contribution in [0, 0.1) is 0 Å². The highest BCUT2D eigenvalue weighted by Crippen LogP contribution is 2.39. The highest BCUT2D eigenvalue weighted by Gasteiger charge is 2.25. The predicted octanol–water partition coefficient (Wildman–Crippen LogP) is 4.82. The number of carboxylic acid groups (broad SMARTS) is 1. The molecule has 3 heterocycles. The number of carbonyl (C=O) groups is 1. The van der Waals surface area contributed by atoms with Crippen molar-refractivity contribution in [3.8, 4) is 10.7 Å². The first-order valence-electron chi connectivity index (χ1n) is 8.08. The number of hydrogen-bond acceptors (Lipinski definition) is 7. The molecule has 1 saturated carbocycles. The van der Waals surface area contributed by atoms with E-state index in [1.165, 1.54) is 48.6 Å². The van der Waals surface area contributed by atoms with Crippen LogP contribution in [0.25, 0.3) is 10.7 Å². The number of thiophene rings is 1. The fourth-order valence-electron chi connectivity index (χ4n) is 3.07. The van der Waals surface area contributed by atoms with Crippen LogP contribution < -0.4 is 0 Å². The van der Waals surface area contributed by atoms with Crippen LogP contribution in [0.1, 0.15) is 47.8 Å². The molecule has 0 aromatic carbocycles. The maximum absolute atomic E-state index is 11.1. The summed E-state index contributed by atoms with van der Waals surface area (Å²) in [5.74, 6) is -0.0446. The molecule has 9 heteroatoms. The van der Waals surface area contributed by atoms with Crippen LogP contribution in [-0.2, 0) is 0 Å². The number of hydrogen-bond donors (Lipinski definition) is 1. The minimum atomic E-state index is -0.947. The van der Waals surface area contributed by atoms with Crippen LogP contribution in [0.5, 0.6) is 0 Å². The average molecular weight is 393 g/mol. The van der Waals surface area contributed by atoms with E-state index in [0.717, 1.165) is 28.7 Å². The average Bonchev–Trinajstić information content (AvgIpc) is 3.36. The molecular formula is C16H16N4O2S3. The zero-order chi connectivity index (χ0) is 17.2. The van der Waals surface area contributed by atoms with Gasteiger partial charge in [0, 0.05) is 6.04 Å². The fourth-order valence-corrected chi connectivity index (χ4v) is 5.60. The van der Waals surface area contributed by atoms with Gasteiger partial charge in [-0.15, -0.1) is 32.9 Å². The van der Waals surface area contributed by atoms with Gasteiger partial charge in [-0.1, -0.05) is 25.3 Å². The van der Waals surface area contributed by atoms with E-state index in [1.807, 2.05) is 11.4 Å². The van der Waals surface area contributed by atoms with Crippen molar-refractivity contribution in [2.24, 2.45) is 0 Å². The maximum atomic E-state index is 11.1. The van der Waals surface area contributed by atoms with Gasteiger partial charge >= 0.3 is 5.97 Å². The normalized spacial score (nSPS) is 15.5. The van der Waals surface area contributed by atoms with Crippen molar-refractivity contribution in [3.05, 3.63) is 28.6 Å². The van der Waals surface area contributed by atoms with Crippen molar-refractivity contribution in [1.82, 2.24) is 19.7 Å². The number of aromatic carboxylic acids is 1. The van der Waals surface area contributed by atoms with Crippen LogP contribution in [-0.4, -0.2) is 30.8 Å². The summed E-state index contributed by atoms with van der Waals surface area (Å²) in [6.07, 6.45) is 7.37. The van der Waals surface area contributed by atoms with Gasteiger partial charge < -0.3 is 5.11 Å². The Balaban J connectivity index is 1.69. The highest BCUT2D eigenvalue weighted by molar-refractivity contribution is 8.00. The van der Waals surface area contributed by atoms with Gasteiger partial charge in [0.2, 0.25) is 0 Å². The Labute approximate surface area is 157 Å². The number of carboxylic acids is 1. The van der Waals surface area contributed by atoms with Gasteiger partial charge in [0.1, 0.15) is 4.88 Å². The molecule has 3 aromatic rings. The van der Waals surface area contributed by atoms with Gasteiger partial charge in [-0.3, -0.25) is 4.57 Å². The second-order valence-electron chi connectivity index (χ2n) is 5.84. The summed E-state index contributed by atoms with van der Waals surface area (Å²) in [6.45, 7) is 0. The van der Waals surface area contributed by atoms with E-state index in [9.17, 15) is 4.79 Å². The Morgan fingerprint density at radius 2 is 2.12 bits per heavy atom. The van der Waals surface area contributed by atoms with E-state index in [2.05, 4.69) is 25.8 Å². The molecule has 1 aliphatic carbocycles. The van der Waals surface area contributed by atoms with E-state index in [1.54, 1.807) is 11.3 Å². The third kappa shape index (κ3) is 3.49. The number of nitrogens with zero attached hydrogens (tertiary/aromatic N) is 4. The fraction of sp³-hybridized carbons (Fsp3) is 0.375. The molecular weight excluding hydrogens is 376 g/mol. The molecule has 0 spiro atoms. The molecule has 130 valence electrons. The number of thiazole rings is 1. The Morgan fingerprint density at radius 1 is 1.28 bits per heavy atom. The largest absolute Gasteiger partial charge is 0.477 e. The van der Waals surface area contributed by atoms with Crippen LogP contribution in [0.3, 0.4) is 0 Å². The molecule has 1 aliphatic rings. The van der Waals surface area contributed by atoms with Crippen molar-refractivity contribution < 1.29 is 9.90 Å². The van der Waals surface area contributed by atoms with Gasteiger partial charge in [0.15, 0.2) is 15.3 Å². The Hall–Kier alpha value is -1.71. The van der Waals surface area contributed by atoms with E-state index in [0.29, 0.717) is 10.4 Å². The summed E-state index contributed by atoms with van der Waals surface area (Å²) in [6, 6.07) is 4.48. The van der Waals surface area contributed by atoms with E-state index in [-0.39, 0.29) is 4.88 Å². The van der Waals surface area contributed by atoms with Gasteiger partial charge in [-0.2, -0.15) is 0 Å². The molecule has 0 aliphatic heterocycles. The van der Waals surface area contributed by atoms with E-state index < -0.39 is 5.97 Å². The van der Waals surface area contributed by atoms with Crippen LogP contribution in [0.4, 0.5) is 0 Å². The standard InChI is InChI=1S/C16H16N4O2S3/c21-14(22)12-9-17-16(24-12)25-15-19-18-13(11-7-4-8-23-11)20(15)10-5-2-1-3-6-10/h4,7-10H,1-3,5-6H2,(H,21,22). The summed E-state index contributed by atoms with van der Waals surface area (Å²) in [7, 11) is 0. The minimum absolute atomic E-state index is 0.240. The van der Waals surface area contributed by atoms with Crippen molar-refractivity contribution in [1.29, 1.82) is 0 Å². The Kier molecular flexibility index (Phi) is 4.87. The first kappa shape index (κ1) is 16.7. The molecule has 3 aromatic heterocycles. The second-order valence-corrected chi connectivity index (χ2v) is 9.04. The molecule has 0 bridgehead atoms. The first-order chi connectivity index (χ1) is 12.2. The summed E-state index contributed by atoms with van der Waals surface area (Å²) in [5.41, 5.74) is 0. The SMILES string of the molecule is O=C(O)c1cnc(Sc2nnc(-c3cccs3)n2C2CCCCC2)s1. The third-order valence-electron chi connectivity index (χ3n) is 4.22. The van der Waals surface area contributed by atoms with Crippen LogP contribution >= 0.6 is 34.4 Å². The minimum Gasteiger partial charge on any atom is -0.477 e. The monoisotopic (exact) mass is 392 g/mol. The molecule has 4 rings (SSSR count). The lowest BCUT2D eigenvalue weighted by Crippen LogP contribution is -2.14. The lowest BCUT2D eigenvalue weighted by atomic mass is 9.95. The van der Waals surface area contributed by atoms with E-state index in [4.69, 9.17) is 5.11 Å². The maximum Gasteiger partial charge on any atom is 0.347 e. The number of aromatic nitrogens is 4. The molecule has 0 radical (unpaired) electrons. The summed E-state index contributed by atoms with van der Waals surface area (Å²) >= 11 is 4.23. The summed E-state index contributed by atoms with van der Waals surface area (Å²) in [4.78, 5) is 16.6. The molecule has 0 atom stereocenters. The molecule has 0 amide bonds. The quantitative estimate of drug-likeness (QED) is 0.670. The molecule has 6 nitrogen and oxygen atoms in total. The van der Waals surface area contributed by atoms with Crippen molar-refractivity contribution in [2.75, 3.05) is 0 Å². The predicted molar refractivity (Wildman–Crippen MR) is 98.7 cm³/mol. The molecule has 1 N–H and O–H groups in total. The smallest absolute Gasteiger partial charge is 0.347 e. The molecule has 1 fully saturated rings. The first-order valence-corrected chi connectivity index (χ1v) is 10.6. The lowest BCUT2D eigenvalue weighted by Gasteiger charge is -2.25. The topological polar surface area (TPSA) is 80.9 Å². The zero-order valence-corrected chi connectivity index (χ0v) is 15.7. The zero-order valence-electron chi connectivity index (χ0n) is 13.3. The van der Waals surface area contributed by atoms with Crippen molar-refractivity contribution >= 4 is 40.4 Å². The van der Waals surface area contributed by atoms with Crippen molar-refractivity contribution in [2.45, 2.75) is 47.6 Å². The lowest BCUT2D eigenvalue weighted by molar-refractivity contribution is 0.0702. The van der Waals surface area contributed by atoms with Crippen molar-refractivity contribution in [3.63, 3.8) is 0 Å². The second kappa shape index (κ2) is 7.27. The highest BCUT2D eigenvalue weighted by atomic mass is 32.2. The van der Waals surface area contributed by atoms with Gasteiger partial charge in [0.05, 0.1) is 11.1 Å². The Morgan fingerprint density at radius 3 is 2.80 bits per heavy atom.